The second-order valence-electron chi connectivity index (χ2n) is 16.0. The van der Waals surface area contributed by atoms with Gasteiger partial charge in [0.1, 0.15) is 0 Å². The van der Waals surface area contributed by atoms with Crippen molar-refractivity contribution in [3.05, 3.63) is 173 Å². The Balaban J connectivity index is 1.26. The van der Waals surface area contributed by atoms with E-state index in [-0.39, 0.29) is 17.5 Å². The van der Waals surface area contributed by atoms with Crippen molar-refractivity contribution in [1.29, 1.82) is 0 Å². The van der Waals surface area contributed by atoms with Crippen molar-refractivity contribution in [2.24, 2.45) is 0 Å². The fourth-order valence-corrected chi connectivity index (χ4v) is 11.6. The molecule has 1 saturated carbocycles. The fraction of sp³-hybridized carbons (Fsp3) is 0.250. The maximum absolute atomic E-state index is 2.82. The average molecular weight is 678 g/mol. The summed E-state index contributed by atoms with van der Waals surface area (Å²) in [5.74, 6) is 0.594. The zero-order valence-corrected chi connectivity index (χ0v) is 30.7. The molecule has 3 heterocycles. The second-order valence-corrected chi connectivity index (χ2v) is 17.1. The zero-order chi connectivity index (χ0) is 34.3. The molecular weight excluding hydrogens is 633 g/mol. The highest BCUT2D eigenvalue weighted by molar-refractivity contribution is 7.99. The molecule has 10 rings (SSSR count). The Morgan fingerprint density at radius 2 is 1.24 bits per heavy atom. The number of hydrogen-bond acceptors (Lipinski definition) is 2. The van der Waals surface area contributed by atoms with Crippen LogP contribution in [-0.4, -0.2) is 12.8 Å². The maximum Gasteiger partial charge on any atom is 0.245 e. The highest BCUT2D eigenvalue weighted by Gasteiger charge is 2.52. The molecule has 0 saturated heterocycles. The summed E-state index contributed by atoms with van der Waals surface area (Å²) in [5.41, 5.74) is 15.6. The third kappa shape index (κ3) is 4.56. The van der Waals surface area contributed by atoms with E-state index in [0.29, 0.717) is 12.0 Å². The Labute approximate surface area is 308 Å². The average Bonchev–Trinajstić information content (AvgIpc) is 3.28. The third-order valence-corrected chi connectivity index (χ3v) is 14.0. The van der Waals surface area contributed by atoms with Crippen molar-refractivity contribution in [2.75, 3.05) is 4.90 Å². The van der Waals surface area contributed by atoms with Crippen molar-refractivity contribution in [1.82, 2.24) is 0 Å². The van der Waals surface area contributed by atoms with Crippen molar-refractivity contribution < 1.29 is 0 Å². The molecule has 0 aromatic heterocycles. The molecule has 0 bridgehead atoms. The molecular formula is C48H44BNS. The van der Waals surface area contributed by atoms with E-state index < -0.39 is 0 Å². The van der Waals surface area contributed by atoms with E-state index in [0.717, 1.165) is 0 Å². The SMILES string of the molecule is CC1(C)c2cccc(N3c4ccccc4C4CCCCCC43)c2B2c3ccc(Sc4ccccc4)cc3C(C)(c3ccccc3)c3cccc1c32. The summed E-state index contributed by atoms with van der Waals surface area (Å²) in [6, 6.07) is 53.9. The molecule has 250 valence electrons. The molecule has 3 unspecified atom stereocenters. The zero-order valence-electron chi connectivity index (χ0n) is 29.9. The van der Waals surface area contributed by atoms with E-state index in [2.05, 4.69) is 165 Å². The lowest BCUT2D eigenvalue weighted by Gasteiger charge is -2.49. The number of benzene rings is 6. The van der Waals surface area contributed by atoms with Crippen molar-refractivity contribution >= 4 is 46.2 Å². The fourth-order valence-electron chi connectivity index (χ4n) is 10.7. The number of rotatable bonds is 4. The Kier molecular flexibility index (Phi) is 7.23. The van der Waals surface area contributed by atoms with Crippen LogP contribution in [0.3, 0.4) is 0 Å². The highest BCUT2D eigenvalue weighted by atomic mass is 32.2. The van der Waals surface area contributed by atoms with E-state index >= 15 is 0 Å². The summed E-state index contributed by atoms with van der Waals surface area (Å²) in [5, 5.41) is 0. The van der Waals surface area contributed by atoms with Crippen molar-refractivity contribution in [3.8, 4) is 0 Å². The largest absolute Gasteiger partial charge is 0.338 e. The monoisotopic (exact) mass is 677 g/mol. The van der Waals surface area contributed by atoms with Crippen LogP contribution in [0.4, 0.5) is 11.4 Å². The maximum atomic E-state index is 2.82. The number of anilines is 2. The molecule has 1 nitrogen and oxygen atoms in total. The van der Waals surface area contributed by atoms with E-state index in [9.17, 15) is 0 Å². The summed E-state index contributed by atoms with van der Waals surface area (Å²) >= 11 is 1.87. The first kappa shape index (κ1) is 31.3. The molecule has 6 aromatic carbocycles. The van der Waals surface area contributed by atoms with Crippen LogP contribution in [0.15, 0.2) is 149 Å². The lowest BCUT2D eigenvalue weighted by molar-refractivity contribution is 0.529. The van der Waals surface area contributed by atoms with Gasteiger partial charge in [-0.2, -0.15) is 0 Å². The molecule has 1 aliphatic carbocycles. The van der Waals surface area contributed by atoms with Crippen LogP contribution in [0.5, 0.6) is 0 Å². The predicted octanol–water partition coefficient (Wildman–Crippen LogP) is 10.2. The second kappa shape index (κ2) is 11.8. The third-order valence-electron chi connectivity index (χ3n) is 13.0. The molecule has 0 radical (unpaired) electrons. The van der Waals surface area contributed by atoms with Crippen LogP contribution in [0.2, 0.25) is 0 Å². The normalized spacial score (nSPS) is 22.3. The Hall–Kier alpha value is -4.47. The summed E-state index contributed by atoms with van der Waals surface area (Å²) in [6.07, 6.45) is 6.52. The van der Waals surface area contributed by atoms with E-state index in [1.54, 1.807) is 5.56 Å². The van der Waals surface area contributed by atoms with Crippen molar-refractivity contribution in [3.63, 3.8) is 0 Å². The van der Waals surface area contributed by atoms with Gasteiger partial charge in [-0.1, -0.05) is 159 Å². The van der Waals surface area contributed by atoms with Gasteiger partial charge in [0.15, 0.2) is 0 Å². The summed E-state index contributed by atoms with van der Waals surface area (Å²) in [6.45, 7) is 7.59. The summed E-state index contributed by atoms with van der Waals surface area (Å²) < 4.78 is 0. The van der Waals surface area contributed by atoms with Gasteiger partial charge < -0.3 is 4.90 Å². The van der Waals surface area contributed by atoms with E-state index in [1.807, 2.05) is 11.8 Å². The van der Waals surface area contributed by atoms with E-state index in [4.69, 9.17) is 0 Å². The van der Waals surface area contributed by atoms with Gasteiger partial charge in [0, 0.05) is 44.0 Å². The standard InChI is InChI=1S/C48H44BNS/c1-47(2)37-23-15-25-39-45(37)49(41-30-29-34(51-33-19-9-5-10-20-33)31-40(41)48(39,3)32-17-7-4-8-18-32)46-38(47)24-16-28-44(46)50-42-26-12-6-11-21-35(42)36-22-13-14-27-43(36)50/h4-5,7-10,13-20,22-25,27-31,35,42H,6,11-12,21,26H2,1-3H3. The quantitative estimate of drug-likeness (QED) is 0.171. The van der Waals surface area contributed by atoms with E-state index in [1.165, 1.54) is 97.5 Å². The Morgan fingerprint density at radius 1 is 0.569 bits per heavy atom. The summed E-state index contributed by atoms with van der Waals surface area (Å²) in [7, 11) is 0. The first-order chi connectivity index (χ1) is 25.0. The minimum absolute atomic E-state index is 0.145. The van der Waals surface area contributed by atoms with Gasteiger partial charge in [0.2, 0.25) is 6.71 Å². The Bertz CT molecular complexity index is 2290. The highest BCUT2D eigenvalue weighted by Crippen LogP contribution is 2.52. The molecule has 0 amide bonds. The van der Waals surface area contributed by atoms with Crippen LogP contribution in [0.25, 0.3) is 0 Å². The van der Waals surface area contributed by atoms with Crippen LogP contribution in [0, 0.1) is 0 Å². The van der Waals surface area contributed by atoms with Gasteiger partial charge in [-0.05, 0) is 95.0 Å². The minimum atomic E-state index is -0.305. The molecule has 1 fully saturated rings. The van der Waals surface area contributed by atoms with Gasteiger partial charge >= 0.3 is 0 Å². The number of nitrogens with zero attached hydrogens (tertiary/aromatic N) is 1. The molecule has 51 heavy (non-hydrogen) atoms. The first-order valence-corrected chi connectivity index (χ1v) is 19.9. The molecule has 6 aromatic rings. The van der Waals surface area contributed by atoms with Gasteiger partial charge in [-0.25, -0.2) is 0 Å². The number of para-hydroxylation sites is 1. The molecule has 0 N–H and O–H groups in total. The summed E-state index contributed by atoms with van der Waals surface area (Å²) in [4.78, 5) is 5.38. The molecule has 3 atom stereocenters. The number of hydrogen-bond donors (Lipinski definition) is 0. The lowest BCUT2D eigenvalue weighted by Crippen LogP contribution is -2.67. The smallest absolute Gasteiger partial charge is 0.245 e. The Morgan fingerprint density at radius 3 is 2.06 bits per heavy atom. The van der Waals surface area contributed by atoms with Crippen LogP contribution in [0.1, 0.15) is 92.2 Å². The molecule has 4 aliphatic rings. The first-order valence-electron chi connectivity index (χ1n) is 19.0. The minimum Gasteiger partial charge on any atom is -0.338 e. The van der Waals surface area contributed by atoms with Crippen molar-refractivity contribution in [2.45, 2.75) is 85.5 Å². The molecule has 3 heteroatoms. The van der Waals surface area contributed by atoms with Gasteiger partial charge in [-0.15, -0.1) is 0 Å². The predicted molar refractivity (Wildman–Crippen MR) is 217 cm³/mol. The molecule has 0 spiro atoms. The molecule has 3 aliphatic heterocycles. The topological polar surface area (TPSA) is 3.24 Å². The van der Waals surface area contributed by atoms with Gasteiger partial charge in [0.25, 0.3) is 0 Å². The number of fused-ring (bicyclic) bond motifs is 7. The van der Waals surface area contributed by atoms with Crippen LogP contribution < -0.4 is 21.3 Å². The van der Waals surface area contributed by atoms with Crippen LogP contribution in [-0.2, 0) is 10.8 Å². The van der Waals surface area contributed by atoms with Gasteiger partial charge in [0.05, 0.1) is 0 Å². The van der Waals surface area contributed by atoms with Gasteiger partial charge in [-0.3, -0.25) is 0 Å². The van der Waals surface area contributed by atoms with Crippen LogP contribution >= 0.6 is 11.8 Å². The lowest BCUT2D eigenvalue weighted by atomic mass is 9.26.